The first-order valence-corrected chi connectivity index (χ1v) is 14.6. The molecule has 2 aliphatic heterocycles. The highest BCUT2D eigenvalue weighted by atomic mass is 19.2. The maximum absolute atomic E-state index is 14.2. The SMILES string of the molecule is CCCCCCCCCCCCCCCC1=[N+](c2ccc(F)c(F)c2)C(C)Cc2cc3c(cc21)OCO3. The minimum absolute atomic E-state index is 0.134. The maximum atomic E-state index is 14.2. The van der Waals surface area contributed by atoms with Gasteiger partial charge in [-0.2, -0.15) is 4.58 Å². The number of ether oxygens (including phenoxy) is 2. The van der Waals surface area contributed by atoms with Crippen LogP contribution in [-0.4, -0.2) is 23.1 Å². The van der Waals surface area contributed by atoms with Gasteiger partial charge in [-0.1, -0.05) is 84.0 Å². The lowest BCUT2D eigenvalue weighted by Gasteiger charge is -2.24. The Morgan fingerprint density at radius 1 is 0.757 bits per heavy atom. The van der Waals surface area contributed by atoms with Crippen LogP contribution in [0, 0.1) is 11.6 Å². The van der Waals surface area contributed by atoms with Gasteiger partial charge in [0.15, 0.2) is 34.9 Å². The van der Waals surface area contributed by atoms with E-state index in [1.165, 1.54) is 100 Å². The molecule has 2 aromatic carbocycles. The molecule has 0 radical (unpaired) electrons. The lowest BCUT2D eigenvalue weighted by molar-refractivity contribution is -0.483. The molecule has 37 heavy (non-hydrogen) atoms. The van der Waals surface area contributed by atoms with Crippen molar-refractivity contribution in [3.05, 3.63) is 53.1 Å². The molecular weight excluding hydrogens is 468 g/mol. The van der Waals surface area contributed by atoms with Crippen LogP contribution in [0.1, 0.15) is 115 Å². The van der Waals surface area contributed by atoms with Crippen molar-refractivity contribution >= 4 is 11.4 Å². The molecule has 202 valence electrons. The van der Waals surface area contributed by atoms with Crippen molar-refractivity contribution in [1.82, 2.24) is 0 Å². The van der Waals surface area contributed by atoms with Crippen molar-refractivity contribution < 1.29 is 22.8 Å². The van der Waals surface area contributed by atoms with Gasteiger partial charge in [-0.25, -0.2) is 8.78 Å². The van der Waals surface area contributed by atoms with Crippen molar-refractivity contribution in [3.63, 3.8) is 0 Å². The number of rotatable bonds is 15. The highest BCUT2D eigenvalue weighted by molar-refractivity contribution is 6.00. The van der Waals surface area contributed by atoms with E-state index in [9.17, 15) is 8.78 Å². The highest BCUT2D eigenvalue weighted by Crippen LogP contribution is 2.38. The van der Waals surface area contributed by atoms with E-state index in [1.54, 1.807) is 6.07 Å². The number of benzene rings is 2. The van der Waals surface area contributed by atoms with Gasteiger partial charge >= 0.3 is 0 Å². The molecule has 2 aliphatic rings. The van der Waals surface area contributed by atoms with Gasteiger partial charge in [0.1, 0.15) is 0 Å². The van der Waals surface area contributed by atoms with Gasteiger partial charge < -0.3 is 9.47 Å². The molecule has 1 atom stereocenters. The fourth-order valence-corrected chi connectivity index (χ4v) is 5.84. The zero-order valence-electron chi connectivity index (χ0n) is 22.8. The summed E-state index contributed by atoms with van der Waals surface area (Å²) in [5.41, 5.74) is 4.26. The summed E-state index contributed by atoms with van der Waals surface area (Å²) in [5.74, 6) is -0.0503. The summed E-state index contributed by atoms with van der Waals surface area (Å²) >= 11 is 0. The number of unbranched alkanes of at least 4 members (excludes halogenated alkanes) is 12. The van der Waals surface area contributed by atoms with Crippen molar-refractivity contribution in [2.45, 2.75) is 116 Å². The van der Waals surface area contributed by atoms with E-state index in [-0.39, 0.29) is 12.8 Å². The summed E-state index contributed by atoms with van der Waals surface area (Å²) in [4.78, 5) is 0. The zero-order valence-corrected chi connectivity index (χ0v) is 22.8. The van der Waals surface area contributed by atoms with Crippen molar-refractivity contribution in [2.75, 3.05) is 6.79 Å². The minimum Gasteiger partial charge on any atom is -0.454 e. The number of halogens is 2. The molecule has 0 N–H and O–H groups in total. The van der Waals surface area contributed by atoms with Crippen molar-refractivity contribution in [3.8, 4) is 11.5 Å². The molecular formula is C32H44F2NO2+. The van der Waals surface area contributed by atoms with E-state index < -0.39 is 11.6 Å². The quantitative estimate of drug-likeness (QED) is 0.175. The van der Waals surface area contributed by atoms with Crippen LogP contribution >= 0.6 is 0 Å². The van der Waals surface area contributed by atoms with Crippen molar-refractivity contribution in [2.24, 2.45) is 0 Å². The van der Waals surface area contributed by atoms with Crippen LogP contribution in [0.3, 0.4) is 0 Å². The summed E-state index contributed by atoms with van der Waals surface area (Å²) in [5, 5.41) is 0. The molecule has 2 aromatic rings. The fraction of sp³-hybridized carbons (Fsp3) is 0.594. The molecule has 5 heteroatoms. The number of nitrogens with zero attached hydrogens (tertiary/aromatic N) is 1. The van der Waals surface area contributed by atoms with Crippen LogP contribution in [0.15, 0.2) is 30.3 Å². The first-order valence-electron chi connectivity index (χ1n) is 14.6. The molecule has 0 amide bonds. The predicted molar refractivity (Wildman–Crippen MR) is 146 cm³/mol. The topological polar surface area (TPSA) is 21.5 Å². The molecule has 0 aromatic heterocycles. The van der Waals surface area contributed by atoms with E-state index >= 15 is 0 Å². The van der Waals surface area contributed by atoms with E-state index in [1.807, 2.05) is 0 Å². The van der Waals surface area contributed by atoms with Crippen LogP contribution in [0.5, 0.6) is 11.5 Å². The molecule has 0 fully saturated rings. The number of fused-ring (bicyclic) bond motifs is 2. The Bertz CT molecular complexity index is 1060. The third-order valence-electron chi connectivity index (χ3n) is 7.85. The average Bonchev–Trinajstić information content (AvgIpc) is 3.34. The second kappa shape index (κ2) is 13.9. The lowest BCUT2D eigenvalue weighted by atomic mass is 9.89. The summed E-state index contributed by atoms with van der Waals surface area (Å²) in [6, 6.07) is 8.56. The number of hydrogen-bond donors (Lipinski definition) is 0. The van der Waals surface area contributed by atoms with Gasteiger partial charge in [-0.3, -0.25) is 0 Å². The van der Waals surface area contributed by atoms with Crippen LogP contribution in [0.4, 0.5) is 14.5 Å². The van der Waals surface area contributed by atoms with Crippen molar-refractivity contribution in [1.29, 1.82) is 0 Å². The summed E-state index contributed by atoms with van der Waals surface area (Å²) < 4.78 is 41.4. The Hall–Kier alpha value is -2.43. The predicted octanol–water partition coefficient (Wildman–Crippen LogP) is 9.25. The normalized spacial score (nSPS) is 16.4. The Kier molecular flexibility index (Phi) is 10.4. The highest BCUT2D eigenvalue weighted by Gasteiger charge is 2.34. The van der Waals surface area contributed by atoms with Gasteiger partial charge in [-0.15, -0.1) is 0 Å². The fourth-order valence-electron chi connectivity index (χ4n) is 5.84. The monoisotopic (exact) mass is 512 g/mol. The standard InChI is InChI=1S/C32H44F2NO2/c1-3-4-5-6-7-8-9-10-11-12-13-14-15-16-30-27-22-32-31(36-23-37-32)20-25(27)19-24(2)35(30)26-17-18-28(33)29(34)21-26/h17-18,20-22,24H,3-16,19,23H2,1-2H3/q+1. The van der Waals surface area contributed by atoms with Gasteiger partial charge in [0.05, 0.1) is 0 Å². The van der Waals surface area contributed by atoms with E-state index in [2.05, 4.69) is 30.6 Å². The second-order valence-corrected chi connectivity index (χ2v) is 10.8. The molecule has 0 bridgehead atoms. The lowest BCUT2D eigenvalue weighted by Crippen LogP contribution is -2.34. The van der Waals surface area contributed by atoms with Crippen LogP contribution in [-0.2, 0) is 6.42 Å². The molecule has 0 saturated heterocycles. The first-order chi connectivity index (χ1) is 18.1. The molecule has 2 heterocycles. The van der Waals surface area contributed by atoms with Gasteiger partial charge in [0, 0.05) is 30.5 Å². The third kappa shape index (κ3) is 7.33. The second-order valence-electron chi connectivity index (χ2n) is 10.8. The molecule has 1 unspecified atom stereocenters. The van der Waals surface area contributed by atoms with Gasteiger partial charge in [0.2, 0.25) is 12.5 Å². The largest absolute Gasteiger partial charge is 0.454 e. The van der Waals surface area contributed by atoms with E-state index in [0.717, 1.165) is 36.3 Å². The Labute approximate surface area is 221 Å². The Morgan fingerprint density at radius 3 is 1.97 bits per heavy atom. The minimum atomic E-state index is -0.810. The molecule has 0 aliphatic carbocycles. The Morgan fingerprint density at radius 2 is 1.35 bits per heavy atom. The zero-order chi connectivity index (χ0) is 26.0. The smallest absolute Gasteiger partial charge is 0.231 e. The number of hydrogen-bond acceptors (Lipinski definition) is 2. The Balaban J connectivity index is 1.35. The molecule has 4 rings (SSSR count). The van der Waals surface area contributed by atoms with E-state index in [0.29, 0.717) is 5.69 Å². The van der Waals surface area contributed by atoms with Crippen LogP contribution in [0.2, 0.25) is 0 Å². The summed E-state index contributed by atoms with van der Waals surface area (Å²) in [6.45, 7) is 4.67. The van der Waals surface area contributed by atoms with Gasteiger partial charge in [-0.05, 0) is 37.1 Å². The molecule has 3 nitrogen and oxygen atoms in total. The van der Waals surface area contributed by atoms with Gasteiger partial charge in [0.25, 0.3) is 0 Å². The first kappa shape index (κ1) is 27.6. The van der Waals surface area contributed by atoms with Crippen LogP contribution in [0.25, 0.3) is 0 Å². The van der Waals surface area contributed by atoms with Crippen LogP contribution < -0.4 is 9.47 Å². The third-order valence-corrected chi connectivity index (χ3v) is 7.85. The summed E-state index contributed by atoms with van der Waals surface area (Å²) in [7, 11) is 0. The molecule has 0 saturated carbocycles. The molecule has 0 spiro atoms. The average molecular weight is 513 g/mol. The van der Waals surface area contributed by atoms with E-state index in [4.69, 9.17) is 9.47 Å². The summed E-state index contributed by atoms with van der Waals surface area (Å²) in [6.07, 6.45) is 18.8. The maximum Gasteiger partial charge on any atom is 0.231 e.